The quantitative estimate of drug-likeness (QED) is 0.617. The van der Waals surface area contributed by atoms with Gasteiger partial charge in [0.05, 0.1) is 24.9 Å². The lowest BCUT2D eigenvalue weighted by Crippen LogP contribution is -2.55. The van der Waals surface area contributed by atoms with Crippen LogP contribution >= 0.6 is 0 Å². The lowest BCUT2D eigenvalue weighted by atomic mass is 9.91. The SMILES string of the molecule is NCc1ccnc(S(=O)(=O)C[C@H]2C[C@@H](C(F)(F)F)CN(S(=O)(=O)N3CCOCC3)C2)c1. The van der Waals surface area contributed by atoms with E-state index in [1.165, 1.54) is 18.3 Å². The number of aromatic nitrogens is 1. The maximum Gasteiger partial charge on any atom is 0.393 e. The van der Waals surface area contributed by atoms with E-state index in [1.54, 1.807) is 0 Å². The number of nitrogens with two attached hydrogens (primary N) is 1. The third-order valence-corrected chi connectivity index (χ3v) is 9.14. The molecule has 0 unspecified atom stereocenters. The van der Waals surface area contributed by atoms with Crippen molar-refractivity contribution in [1.29, 1.82) is 0 Å². The van der Waals surface area contributed by atoms with Gasteiger partial charge in [0.2, 0.25) is 0 Å². The van der Waals surface area contributed by atoms with Gasteiger partial charge in [-0.15, -0.1) is 0 Å². The van der Waals surface area contributed by atoms with Crippen LogP contribution < -0.4 is 5.73 Å². The van der Waals surface area contributed by atoms with E-state index >= 15 is 0 Å². The van der Waals surface area contributed by atoms with E-state index in [0.29, 0.717) is 5.56 Å². The first-order valence-corrected chi connectivity index (χ1v) is 12.8. The van der Waals surface area contributed by atoms with Gasteiger partial charge < -0.3 is 10.5 Å². The van der Waals surface area contributed by atoms with Crippen LogP contribution in [0.5, 0.6) is 0 Å². The van der Waals surface area contributed by atoms with Crippen LogP contribution in [0.3, 0.4) is 0 Å². The summed E-state index contributed by atoms with van der Waals surface area (Å²) in [7, 11) is -8.23. The number of alkyl halides is 3. The summed E-state index contributed by atoms with van der Waals surface area (Å²) >= 11 is 0. The van der Waals surface area contributed by atoms with Crippen LogP contribution in [0, 0.1) is 11.8 Å². The van der Waals surface area contributed by atoms with Gasteiger partial charge in [0, 0.05) is 38.9 Å². The van der Waals surface area contributed by atoms with Crippen LogP contribution in [0.25, 0.3) is 0 Å². The molecular weight excluding hydrogens is 461 g/mol. The van der Waals surface area contributed by atoms with Crippen LogP contribution in [0.4, 0.5) is 13.2 Å². The highest BCUT2D eigenvalue weighted by Gasteiger charge is 2.48. The van der Waals surface area contributed by atoms with Gasteiger partial charge in [-0.1, -0.05) is 0 Å². The first-order chi connectivity index (χ1) is 14.4. The number of piperidine rings is 1. The summed E-state index contributed by atoms with van der Waals surface area (Å²) in [4.78, 5) is 3.81. The highest BCUT2D eigenvalue weighted by atomic mass is 32.2. The molecule has 0 spiro atoms. The van der Waals surface area contributed by atoms with Gasteiger partial charge >= 0.3 is 6.18 Å². The number of hydrogen-bond donors (Lipinski definition) is 1. The number of hydrogen-bond acceptors (Lipinski definition) is 7. The summed E-state index contributed by atoms with van der Waals surface area (Å²) in [6, 6.07) is 2.82. The van der Waals surface area contributed by atoms with Crippen molar-refractivity contribution < 1.29 is 34.7 Å². The van der Waals surface area contributed by atoms with E-state index in [-0.39, 0.29) is 44.4 Å². The predicted molar refractivity (Wildman–Crippen MR) is 105 cm³/mol. The first kappa shape index (κ1) is 24.3. The Bertz CT molecular complexity index is 982. The fourth-order valence-electron chi connectivity index (χ4n) is 3.79. The van der Waals surface area contributed by atoms with Gasteiger partial charge in [0.1, 0.15) is 0 Å². The largest absolute Gasteiger partial charge is 0.393 e. The number of morpholine rings is 1. The molecule has 2 atom stereocenters. The van der Waals surface area contributed by atoms with Gasteiger partial charge in [-0.05, 0) is 30.0 Å². The van der Waals surface area contributed by atoms with Crippen molar-refractivity contribution in [2.75, 3.05) is 45.1 Å². The fraction of sp³-hybridized carbons (Fsp3) is 0.706. The van der Waals surface area contributed by atoms with Gasteiger partial charge in [-0.3, -0.25) is 0 Å². The Labute approximate surface area is 179 Å². The maximum atomic E-state index is 13.5. The standard InChI is InChI=1S/C17H25F3N4O5S2/c18-17(19,20)15-7-14(12-30(25,26)16-8-13(9-21)1-2-22-16)10-24(11-15)31(27,28)23-3-5-29-6-4-23/h1-2,8,14-15H,3-7,9-12,21H2/t14-,15+/m0/s1. The second-order valence-corrected chi connectivity index (χ2v) is 11.6. The van der Waals surface area contributed by atoms with Gasteiger partial charge in [0.15, 0.2) is 14.9 Å². The Hall–Kier alpha value is -1.32. The molecule has 3 rings (SSSR count). The number of pyridine rings is 1. The molecule has 0 aromatic carbocycles. The van der Waals surface area contributed by atoms with E-state index < -0.39 is 56.8 Å². The first-order valence-electron chi connectivity index (χ1n) is 9.71. The summed E-state index contributed by atoms with van der Waals surface area (Å²) in [5.74, 6) is -3.64. The number of halogens is 3. The molecule has 0 amide bonds. The molecule has 14 heteroatoms. The molecule has 1 aromatic heterocycles. The molecule has 0 aliphatic carbocycles. The van der Waals surface area contributed by atoms with E-state index in [9.17, 15) is 30.0 Å². The van der Waals surface area contributed by atoms with Crippen molar-refractivity contribution in [3.05, 3.63) is 23.9 Å². The Kier molecular flexibility index (Phi) is 7.28. The van der Waals surface area contributed by atoms with Gasteiger partial charge in [-0.25, -0.2) is 13.4 Å². The normalized spacial score (nSPS) is 24.9. The molecule has 0 bridgehead atoms. The molecule has 176 valence electrons. The van der Waals surface area contributed by atoms with Crippen molar-refractivity contribution in [2.45, 2.75) is 24.2 Å². The van der Waals surface area contributed by atoms with Crippen LogP contribution in [0.2, 0.25) is 0 Å². The van der Waals surface area contributed by atoms with Gasteiger partial charge in [0.25, 0.3) is 10.2 Å². The minimum Gasteiger partial charge on any atom is -0.379 e. The Morgan fingerprint density at radius 1 is 1.13 bits per heavy atom. The highest BCUT2D eigenvalue weighted by molar-refractivity contribution is 7.91. The number of sulfone groups is 1. The third-order valence-electron chi connectivity index (χ3n) is 5.40. The summed E-state index contributed by atoms with van der Waals surface area (Å²) in [5, 5.41) is -0.285. The predicted octanol–water partition coefficient (Wildman–Crippen LogP) is 0.391. The van der Waals surface area contributed by atoms with Crippen molar-refractivity contribution in [2.24, 2.45) is 17.6 Å². The molecule has 0 radical (unpaired) electrons. The van der Waals surface area contributed by atoms with Crippen molar-refractivity contribution >= 4 is 20.0 Å². The molecule has 31 heavy (non-hydrogen) atoms. The smallest absolute Gasteiger partial charge is 0.379 e. The molecule has 2 N–H and O–H groups in total. The minimum atomic E-state index is -4.65. The zero-order valence-electron chi connectivity index (χ0n) is 16.7. The molecule has 2 aliphatic rings. The van der Waals surface area contributed by atoms with Crippen molar-refractivity contribution in [3.8, 4) is 0 Å². The molecule has 2 saturated heterocycles. The Balaban J connectivity index is 1.85. The van der Waals surface area contributed by atoms with E-state index in [0.717, 1.165) is 8.61 Å². The summed E-state index contributed by atoms with van der Waals surface area (Å²) in [6.07, 6.45) is -3.86. The van der Waals surface area contributed by atoms with Crippen LogP contribution in [0.1, 0.15) is 12.0 Å². The van der Waals surface area contributed by atoms with Crippen LogP contribution in [0.15, 0.2) is 23.4 Å². The average molecular weight is 487 g/mol. The summed E-state index contributed by atoms with van der Waals surface area (Å²) in [5.41, 5.74) is 6.03. The maximum absolute atomic E-state index is 13.5. The molecule has 1 aromatic rings. The molecule has 9 nitrogen and oxygen atoms in total. The zero-order chi connectivity index (χ0) is 22.9. The summed E-state index contributed by atoms with van der Waals surface area (Å²) in [6.45, 7) is -0.602. The Morgan fingerprint density at radius 3 is 2.42 bits per heavy atom. The van der Waals surface area contributed by atoms with Crippen molar-refractivity contribution in [1.82, 2.24) is 13.6 Å². The molecule has 2 fully saturated rings. The van der Waals surface area contributed by atoms with E-state index in [1.807, 2.05) is 0 Å². The zero-order valence-corrected chi connectivity index (χ0v) is 18.3. The monoisotopic (exact) mass is 486 g/mol. The van der Waals surface area contributed by atoms with Crippen LogP contribution in [-0.2, 0) is 31.3 Å². The molecule has 0 saturated carbocycles. The average Bonchev–Trinajstić information content (AvgIpc) is 2.73. The number of nitrogens with zero attached hydrogens (tertiary/aromatic N) is 3. The Morgan fingerprint density at radius 2 is 1.81 bits per heavy atom. The van der Waals surface area contributed by atoms with Crippen LogP contribution in [-0.4, -0.2) is 81.8 Å². The number of rotatable bonds is 6. The second kappa shape index (κ2) is 9.27. The van der Waals surface area contributed by atoms with Crippen molar-refractivity contribution in [3.63, 3.8) is 0 Å². The third kappa shape index (κ3) is 5.73. The molecule has 2 aliphatic heterocycles. The molecular formula is C17H25F3N4O5S2. The minimum absolute atomic E-state index is 0.0360. The summed E-state index contributed by atoms with van der Waals surface area (Å²) < 4.78 is 99.0. The lowest BCUT2D eigenvalue weighted by Gasteiger charge is -2.40. The molecule has 3 heterocycles. The lowest BCUT2D eigenvalue weighted by molar-refractivity contribution is -0.186. The van der Waals surface area contributed by atoms with Gasteiger partial charge in [-0.2, -0.15) is 30.2 Å². The van der Waals surface area contributed by atoms with E-state index in [2.05, 4.69) is 4.98 Å². The highest BCUT2D eigenvalue weighted by Crippen LogP contribution is 2.37. The topological polar surface area (TPSA) is 123 Å². The van der Waals surface area contributed by atoms with E-state index in [4.69, 9.17) is 10.5 Å². The second-order valence-electron chi connectivity index (χ2n) is 7.66. The fourth-order valence-corrected chi connectivity index (χ4v) is 7.08. The number of ether oxygens (including phenoxy) is 1.